The van der Waals surface area contributed by atoms with Crippen molar-refractivity contribution < 1.29 is 22.2 Å². The van der Waals surface area contributed by atoms with Crippen molar-refractivity contribution in [3.63, 3.8) is 0 Å². The van der Waals surface area contributed by atoms with Gasteiger partial charge in [-0.05, 0) is 37.1 Å². The predicted molar refractivity (Wildman–Crippen MR) is 123 cm³/mol. The monoisotopic (exact) mass is 467 g/mol. The minimum atomic E-state index is -3.73. The van der Waals surface area contributed by atoms with Crippen LogP contribution in [-0.4, -0.2) is 54.9 Å². The third kappa shape index (κ3) is 3.81. The first-order valence-electron chi connectivity index (χ1n) is 10.9. The summed E-state index contributed by atoms with van der Waals surface area (Å²) in [4.78, 5) is 15.0. The van der Waals surface area contributed by atoms with Crippen molar-refractivity contribution in [1.29, 1.82) is 0 Å². The summed E-state index contributed by atoms with van der Waals surface area (Å²) in [5, 5.41) is 6.88. The number of amides is 1. The molecular weight excluding hydrogens is 442 g/mol. The standard InChI is InChI=1S/C24H25N3O5S/c1-16-24(17(2)32-25-16)33(29,30)27-11-5-10-26(12-13-27)22(28)14-19-15-31-21-9-8-18-6-3-4-7-20(18)23(19)21/h3-4,6-9,15H,5,10-14H2,1-2H3. The summed E-state index contributed by atoms with van der Waals surface area (Å²) in [5.74, 6) is 0.242. The molecule has 3 heterocycles. The molecule has 1 aliphatic heterocycles. The molecule has 9 heteroatoms. The maximum absolute atomic E-state index is 13.2. The Kier molecular flexibility index (Phi) is 5.46. The molecule has 0 N–H and O–H groups in total. The molecule has 2 aromatic carbocycles. The summed E-state index contributed by atoms with van der Waals surface area (Å²) in [6.45, 7) is 4.62. The lowest BCUT2D eigenvalue weighted by Gasteiger charge is -2.22. The number of rotatable bonds is 4. The molecule has 4 aromatic rings. The Morgan fingerprint density at radius 3 is 2.67 bits per heavy atom. The van der Waals surface area contributed by atoms with Crippen molar-refractivity contribution in [3.05, 3.63) is 59.7 Å². The van der Waals surface area contributed by atoms with Gasteiger partial charge in [0.05, 0.1) is 12.7 Å². The van der Waals surface area contributed by atoms with E-state index in [1.165, 1.54) is 4.31 Å². The van der Waals surface area contributed by atoms with Gasteiger partial charge in [-0.3, -0.25) is 4.79 Å². The number of fused-ring (bicyclic) bond motifs is 3. The van der Waals surface area contributed by atoms with Crippen molar-refractivity contribution >= 4 is 37.7 Å². The molecule has 0 unspecified atom stereocenters. The van der Waals surface area contributed by atoms with Crippen molar-refractivity contribution in [1.82, 2.24) is 14.4 Å². The smallest absolute Gasteiger partial charge is 0.248 e. The molecular formula is C24H25N3O5S. The number of sulfonamides is 1. The van der Waals surface area contributed by atoms with E-state index >= 15 is 0 Å². The number of benzene rings is 2. The van der Waals surface area contributed by atoms with Gasteiger partial charge in [0, 0.05) is 37.1 Å². The molecule has 1 aliphatic rings. The average Bonchev–Trinajstić information content (AvgIpc) is 3.25. The van der Waals surface area contributed by atoms with Crippen LogP contribution in [0.3, 0.4) is 0 Å². The summed E-state index contributed by atoms with van der Waals surface area (Å²) >= 11 is 0. The number of carbonyl (C=O) groups excluding carboxylic acids is 1. The molecule has 0 radical (unpaired) electrons. The van der Waals surface area contributed by atoms with Gasteiger partial charge in [0.15, 0.2) is 5.76 Å². The van der Waals surface area contributed by atoms with Gasteiger partial charge in [0.2, 0.25) is 15.9 Å². The van der Waals surface area contributed by atoms with Crippen molar-refractivity contribution in [3.8, 4) is 0 Å². The Hall–Kier alpha value is -3.17. The van der Waals surface area contributed by atoms with Gasteiger partial charge in [-0.15, -0.1) is 0 Å². The molecule has 0 saturated carbocycles. The number of hydrogen-bond donors (Lipinski definition) is 0. The minimum absolute atomic E-state index is 0.0396. The lowest BCUT2D eigenvalue weighted by molar-refractivity contribution is -0.130. The largest absolute Gasteiger partial charge is 0.464 e. The summed E-state index contributed by atoms with van der Waals surface area (Å²) in [6.07, 6.45) is 2.42. The zero-order valence-corrected chi connectivity index (χ0v) is 19.4. The summed E-state index contributed by atoms with van der Waals surface area (Å²) in [6, 6.07) is 12.0. The number of nitrogens with zero attached hydrogens (tertiary/aromatic N) is 3. The summed E-state index contributed by atoms with van der Waals surface area (Å²) in [7, 11) is -3.73. The summed E-state index contributed by atoms with van der Waals surface area (Å²) < 4.78 is 38.5. The van der Waals surface area contributed by atoms with E-state index in [1.54, 1.807) is 25.0 Å². The van der Waals surface area contributed by atoms with Gasteiger partial charge in [-0.2, -0.15) is 4.31 Å². The van der Waals surface area contributed by atoms with E-state index in [-0.39, 0.29) is 29.5 Å². The fraction of sp³-hybridized carbons (Fsp3) is 0.333. The van der Waals surface area contributed by atoms with E-state index < -0.39 is 10.0 Å². The van der Waals surface area contributed by atoms with Crippen LogP contribution < -0.4 is 0 Å². The molecule has 5 rings (SSSR count). The second-order valence-electron chi connectivity index (χ2n) is 8.39. The molecule has 8 nitrogen and oxygen atoms in total. The highest BCUT2D eigenvalue weighted by molar-refractivity contribution is 7.89. The molecule has 0 atom stereocenters. The fourth-order valence-corrected chi connectivity index (χ4v) is 6.40. The van der Waals surface area contributed by atoms with Gasteiger partial charge < -0.3 is 13.8 Å². The quantitative estimate of drug-likeness (QED) is 0.454. The van der Waals surface area contributed by atoms with Crippen LogP contribution in [0.2, 0.25) is 0 Å². The molecule has 1 saturated heterocycles. The lowest BCUT2D eigenvalue weighted by Crippen LogP contribution is -2.38. The van der Waals surface area contributed by atoms with Crippen molar-refractivity contribution in [2.24, 2.45) is 0 Å². The SMILES string of the molecule is Cc1noc(C)c1S(=O)(=O)N1CCCN(C(=O)Cc2coc3ccc4ccccc4c23)CC1. The second kappa shape index (κ2) is 8.31. The van der Waals surface area contributed by atoms with Crippen LogP contribution in [0.25, 0.3) is 21.7 Å². The first-order chi connectivity index (χ1) is 15.9. The number of aromatic nitrogens is 1. The highest BCUT2D eigenvalue weighted by atomic mass is 32.2. The van der Waals surface area contributed by atoms with Gasteiger partial charge in [-0.25, -0.2) is 8.42 Å². The average molecular weight is 468 g/mol. The Balaban J connectivity index is 1.35. The van der Waals surface area contributed by atoms with E-state index in [2.05, 4.69) is 5.16 Å². The number of hydrogen-bond acceptors (Lipinski definition) is 6. The Morgan fingerprint density at radius 2 is 1.88 bits per heavy atom. The van der Waals surface area contributed by atoms with Crippen LogP contribution in [0, 0.1) is 13.8 Å². The lowest BCUT2D eigenvalue weighted by atomic mass is 10.0. The first kappa shape index (κ1) is 21.7. The van der Waals surface area contributed by atoms with Gasteiger partial charge >= 0.3 is 0 Å². The van der Waals surface area contributed by atoms with Crippen molar-refractivity contribution in [2.75, 3.05) is 26.2 Å². The van der Waals surface area contributed by atoms with Crippen LogP contribution in [0.1, 0.15) is 23.4 Å². The van der Waals surface area contributed by atoms with Crippen molar-refractivity contribution in [2.45, 2.75) is 31.6 Å². The van der Waals surface area contributed by atoms with E-state index in [4.69, 9.17) is 8.94 Å². The molecule has 2 aromatic heterocycles. The molecule has 172 valence electrons. The Morgan fingerprint density at radius 1 is 1.06 bits per heavy atom. The number of carbonyl (C=O) groups is 1. The van der Waals surface area contributed by atoms with Crippen LogP contribution >= 0.6 is 0 Å². The van der Waals surface area contributed by atoms with Crippen LogP contribution in [0.5, 0.6) is 0 Å². The second-order valence-corrected chi connectivity index (χ2v) is 10.3. The molecule has 1 amide bonds. The van der Waals surface area contributed by atoms with Gasteiger partial charge in [-0.1, -0.05) is 35.5 Å². The zero-order chi connectivity index (χ0) is 23.2. The maximum atomic E-state index is 13.2. The number of furan rings is 1. The molecule has 0 spiro atoms. The normalized spacial score (nSPS) is 15.9. The molecule has 0 aliphatic carbocycles. The van der Waals surface area contributed by atoms with Crippen LogP contribution in [-0.2, 0) is 21.2 Å². The van der Waals surface area contributed by atoms with Gasteiger partial charge in [0.25, 0.3) is 0 Å². The van der Waals surface area contributed by atoms with E-state index in [9.17, 15) is 13.2 Å². The molecule has 1 fully saturated rings. The molecule has 0 bridgehead atoms. The third-order valence-corrected chi connectivity index (χ3v) is 8.40. The fourth-order valence-electron chi connectivity index (χ4n) is 4.63. The predicted octanol–water partition coefficient (Wildman–Crippen LogP) is 3.66. The minimum Gasteiger partial charge on any atom is -0.464 e. The topological polar surface area (TPSA) is 96.9 Å². The molecule has 33 heavy (non-hydrogen) atoms. The third-order valence-electron chi connectivity index (χ3n) is 6.26. The Labute approximate surface area is 191 Å². The number of aryl methyl sites for hydroxylation is 2. The van der Waals surface area contributed by atoms with Crippen LogP contribution in [0.4, 0.5) is 0 Å². The van der Waals surface area contributed by atoms with E-state index in [1.807, 2.05) is 36.4 Å². The van der Waals surface area contributed by atoms with Crippen LogP contribution in [0.15, 0.2) is 56.5 Å². The first-order valence-corrected chi connectivity index (χ1v) is 12.4. The highest BCUT2D eigenvalue weighted by Crippen LogP contribution is 2.30. The van der Waals surface area contributed by atoms with Gasteiger partial charge in [0.1, 0.15) is 16.2 Å². The maximum Gasteiger partial charge on any atom is 0.248 e. The zero-order valence-electron chi connectivity index (χ0n) is 18.6. The highest BCUT2D eigenvalue weighted by Gasteiger charge is 2.33. The Bertz CT molecular complexity index is 1430. The van der Waals surface area contributed by atoms with E-state index in [0.717, 1.165) is 27.3 Å². The summed E-state index contributed by atoms with van der Waals surface area (Å²) in [5.41, 5.74) is 1.95. The van der Waals surface area contributed by atoms with E-state index in [0.29, 0.717) is 31.7 Å².